The van der Waals surface area contributed by atoms with E-state index in [2.05, 4.69) is 27.2 Å². The summed E-state index contributed by atoms with van der Waals surface area (Å²) < 4.78 is 17.0. The molecule has 7 nitrogen and oxygen atoms in total. The minimum atomic E-state index is -3.36. The number of nitrogens with one attached hydrogen (secondary N) is 1. The summed E-state index contributed by atoms with van der Waals surface area (Å²) in [5.41, 5.74) is 12.6. The van der Waals surface area contributed by atoms with Crippen molar-refractivity contribution in [2.75, 3.05) is 18.9 Å². The first-order chi connectivity index (χ1) is 14.7. The number of nitrogens with zero attached hydrogens (tertiary/aromatic N) is 2. The molecule has 0 aromatic heterocycles. The first kappa shape index (κ1) is 22.1. The summed E-state index contributed by atoms with van der Waals surface area (Å²) in [6.45, 7) is 2.14. The molecule has 3 atom stereocenters. The molecule has 0 spiro atoms. The van der Waals surface area contributed by atoms with Gasteiger partial charge in [-0.15, -0.1) is 0 Å². The van der Waals surface area contributed by atoms with Gasteiger partial charge in [0, 0.05) is 17.8 Å². The second-order valence-corrected chi connectivity index (χ2v) is 10.2. The summed E-state index contributed by atoms with van der Waals surface area (Å²) in [4.78, 5) is 1.91. The zero-order chi connectivity index (χ0) is 22.2. The Morgan fingerprint density at radius 2 is 1.81 bits per heavy atom. The van der Waals surface area contributed by atoms with Gasteiger partial charge in [0.1, 0.15) is 21.0 Å². The van der Waals surface area contributed by atoms with Crippen LogP contribution in [0.15, 0.2) is 44.5 Å². The highest BCUT2D eigenvalue weighted by atomic mass is 32.2. The van der Waals surface area contributed by atoms with E-state index >= 15 is 0 Å². The maximum Gasteiger partial charge on any atom is 0.233 e. The number of aliphatic hydroxyl groups is 2. The molecule has 3 aliphatic carbocycles. The zero-order valence-corrected chi connectivity index (χ0v) is 18.8. The van der Waals surface area contributed by atoms with Gasteiger partial charge >= 0.3 is 0 Å². The highest BCUT2D eigenvalue weighted by Crippen LogP contribution is 2.38. The molecule has 3 aliphatic rings. The number of benzene rings is 1. The van der Waals surface area contributed by atoms with E-state index in [1.807, 2.05) is 0 Å². The minimum absolute atomic E-state index is 0.181. The van der Waals surface area contributed by atoms with Crippen molar-refractivity contribution < 1.29 is 14.4 Å². The van der Waals surface area contributed by atoms with E-state index in [-0.39, 0.29) is 4.91 Å². The van der Waals surface area contributed by atoms with Gasteiger partial charge in [0.25, 0.3) is 0 Å². The van der Waals surface area contributed by atoms with Crippen LogP contribution < -0.4 is 10.5 Å². The largest absolute Gasteiger partial charge is 0.379 e. The Morgan fingerprint density at radius 1 is 1.16 bits per heavy atom. The molecule has 0 fully saturated rings. The summed E-state index contributed by atoms with van der Waals surface area (Å²) >= 11 is 0. The lowest BCUT2D eigenvalue weighted by Crippen LogP contribution is -2.30. The molecule has 166 valence electrons. The second-order valence-electron chi connectivity index (χ2n) is 8.45. The van der Waals surface area contributed by atoms with E-state index in [4.69, 9.17) is 5.14 Å². The summed E-state index contributed by atoms with van der Waals surface area (Å²) in [5.74, 6) is 0. The van der Waals surface area contributed by atoms with E-state index in [1.54, 1.807) is 31.0 Å². The number of likely N-dealkylation sites (N-methyl/N-ethyl adjacent to an activating group) is 1. The van der Waals surface area contributed by atoms with Gasteiger partial charge < -0.3 is 15.5 Å². The summed E-state index contributed by atoms with van der Waals surface area (Å²) in [5, 5.41) is 29.3. The first-order valence-electron chi connectivity index (χ1n) is 10.7. The van der Waals surface area contributed by atoms with E-state index in [0.29, 0.717) is 6.54 Å². The number of fused-ring (bicyclic) bond motifs is 2. The van der Waals surface area contributed by atoms with Crippen LogP contribution in [0.2, 0.25) is 0 Å². The second kappa shape index (κ2) is 8.77. The number of hydrogen-bond donors (Lipinski definition) is 4. The standard InChI is InChI=1S/C23H30N4O3S/c1-15(28)27(2)14-16-9-11-19(12-10-16)31(24,30)26-23(29)25-22-20-7-3-5-17(20)13-18-6-4-8-21(18)22/h9,11,13,15,23,25,28-29H,3-8,14H2,1-2H3,(H2,24,26,30). The van der Waals surface area contributed by atoms with Gasteiger partial charge in [-0.2, -0.15) is 4.36 Å². The topological polar surface area (TPSA) is 111 Å². The van der Waals surface area contributed by atoms with Crippen LogP contribution in [0.3, 0.4) is 0 Å². The average Bonchev–Trinajstić information content (AvgIpc) is 3.37. The van der Waals surface area contributed by atoms with Crippen LogP contribution in [-0.2, 0) is 35.6 Å². The van der Waals surface area contributed by atoms with Gasteiger partial charge in [-0.1, -0.05) is 11.8 Å². The van der Waals surface area contributed by atoms with Crippen LogP contribution >= 0.6 is 0 Å². The molecule has 0 amide bonds. The van der Waals surface area contributed by atoms with E-state index in [1.165, 1.54) is 22.3 Å². The summed E-state index contributed by atoms with van der Waals surface area (Å²) in [6, 6.07) is 2.31. The van der Waals surface area contributed by atoms with Crippen molar-refractivity contribution in [3.8, 4) is 0 Å². The smallest absolute Gasteiger partial charge is 0.233 e. The maximum atomic E-state index is 13.0. The third-order valence-corrected chi connectivity index (χ3v) is 7.54. The van der Waals surface area contributed by atoms with Crippen molar-refractivity contribution in [3.05, 3.63) is 62.4 Å². The molecule has 0 saturated carbocycles. The van der Waals surface area contributed by atoms with Crippen molar-refractivity contribution in [3.63, 3.8) is 0 Å². The quantitative estimate of drug-likeness (QED) is 0.382. The molecule has 8 heteroatoms. The molecule has 3 unspecified atom stereocenters. The fourth-order valence-electron chi connectivity index (χ4n) is 4.42. The molecular weight excluding hydrogens is 412 g/mol. The van der Waals surface area contributed by atoms with Gasteiger partial charge in [-0.05, 0) is 92.6 Å². The number of anilines is 1. The molecule has 31 heavy (non-hydrogen) atoms. The van der Waals surface area contributed by atoms with Crippen LogP contribution in [0, 0.1) is 0 Å². The highest BCUT2D eigenvalue weighted by Gasteiger charge is 2.25. The summed E-state index contributed by atoms with van der Waals surface area (Å²) in [6.07, 6.45) is 7.60. The van der Waals surface area contributed by atoms with Gasteiger partial charge in [-0.25, -0.2) is 9.35 Å². The SMILES string of the molecule is CC(O)N(C)CC1=C=C=C(S(N)(=O)=NC(O)Nc2c3c(cc4c2CCC4)CCC3)C=C1. The Balaban J connectivity index is 1.59. The number of allylic oxidation sites excluding steroid dienone is 1. The monoisotopic (exact) mass is 442 g/mol. The van der Waals surface area contributed by atoms with E-state index in [0.717, 1.165) is 49.8 Å². The number of hydrogen-bond acceptors (Lipinski definition) is 6. The number of rotatable bonds is 7. The highest BCUT2D eigenvalue weighted by molar-refractivity contribution is 7.95. The molecule has 0 radical (unpaired) electrons. The molecule has 4 rings (SSSR count). The minimum Gasteiger partial charge on any atom is -0.379 e. The van der Waals surface area contributed by atoms with Crippen LogP contribution in [0.5, 0.6) is 0 Å². The van der Waals surface area contributed by atoms with Crippen molar-refractivity contribution in [1.29, 1.82) is 0 Å². The lowest BCUT2D eigenvalue weighted by atomic mass is 9.99. The summed E-state index contributed by atoms with van der Waals surface area (Å²) in [7, 11) is -1.57. The van der Waals surface area contributed by atoms with Gasteiger partial charge in [0.2, 0.25) is 6.35 Å². The lowest BCUT2D eigenvalue weighted by molar-refractivity contribution is 0.0457. The molecule has 0 saturated heterocycles. The Morgan fingerprint density at radius 3 is 2.35 bits per heavy atom. The van der Waals surface area contributed by atoms with Crippen molar-refractivity contribution >= 4 is 15.6 Å². The van der Waals surface area contributed by atoms with Gasteiger partial charge in [0.15, 0.2) is 0 Å². The zero-order valence-electron chi connectivity index (χ0n) is 18.0. The molecule has 0 bridgehead atoms. The Hall–Kier alpha value is -2.15. The van der Waals surface area contributed by atoms with Gasteiger partial charge in [-0.3, -0.25) is 4.90 Å². The normalized spacial score (nSPS) is 20.6. The van der Waals surface area contributed by atoms with Crippen LogP contribution in [0.1, 0.15) is 42.0 Å². The number of aryl methyl sites for hydroxylation is 2. The molecule has 0 aliphatic heterocycles. The van der Waals surface area contributed by atoms with Gasteiger partial charge in [0.05, 0.1) is 0 Å². The molecule has 1 aromatic rings. The average molecular weight is 443 g/mol. The molecule has 0 heterocycles. The van der Waals surface area contributed by atoms with E-state index in [9.17, 15) is 14.4 Å². The van der Waals surface area contributed by atoms with Crippen LogP contribution in [-0.4, -0.2) is 45.5 Å². The third-order valence-electron chi connectivity index (χ3n) is 6.16. The van der Waals surface area contributed by atoms with Crippen LogP contribution in [0.4, 0.5) is 5.69 Å². The Labute approximate surface area is 184 Å². The number of nitrogens with two attached hydrogens (primary N) is 1. The van der Waals surface area contributed by atoms with E-state index < -0.39 is 22.5 Å². The first-order valence-corrected chi connectivity index (χ1v) is 12.3. The third kappa shape index (κ3) is 4.71. The molecule has 5 N–H and O–H groups in total. The van der Waals surface area contributed by atoms with Crippen molar-refractivity contribution in [2.45, 2.75) is 58.0 Å². The fraction of sp³-hybridized carbons (Fsp3) is 0.478. The predicted octanol–water partition coefficient (Wildman–Crippen LogP) is 2.10. The number of aliphatic hydroxyl groups excluding tert-OH is 2. The van der Waals surface area contributed by atoms with Crippen molar-refractivity contribution in [2.24, 2.45) is 9.50 Å². The molecule has 1 aromatic carbocycles. The predicted molar refractivity (Wildman–Crippen MR) is 122 cm³/mol. The fourth-order valence-corrected chi connectivity index (χ4v) is 5.34. The van der Waals surface area contributed by atoms with Crippen LogP contribution in [0.25, 0.3) is 0 Å². The Bertz CT molecular complexity index is 1120. The lowest BCUT2D eigenvalue weighted by Gasteiger charge is -2.20. The van der Waals surface area contributed by atoms with Crippen molar-refractivity contribution in [1.82, 2.24) is 4.90 Å². The Kier molecular flexibility index (Phi) is 6.24. The molecular formula is C23H30N4O3S. The maximum absolute atomic E-state index is 13.0.